The van der Waals surface area contributed by atoms with Crippen LogP contribution in [0.15, 0.2) is 23.1 Å². The average molecular weight is 350 g/mol. The smallest absolute Gasteiger partial charge is 0.319 e. The highest BCUT2D eigenvalue weighted by atomic mass is 32.2. The summed E-state index contributed by atoms with van der Waals surface area (Å²) in [7, 11) is 0. The van der Waals surface area contributed by atoms with Gasteiger partial charge in [-0.3, -0.25) is 4.79 Å². The van der Waals surface area contributed by atoms with Crippen LogP contribution in [0.5, 0.6) is 0 Å². The van der Waals surface area contributed by atoms with Crippen LogP contribution >= 0.6 is 11.8 Å². The summed E-state index contributed by atoms with van der Waals surface area (Å²) in [6.07, 6.45) is 2.57. The molecule has 1 unspecified atom stereocenters. The molecule has 3 N–H and O–H groups in total. The molecule has 0 saturated carbocycles. The number of rotatable bonds is 3. The molecule has 5 nitrogen and oxygen atoms in total. The lowest BCUT2D eigenvalue weighted by Crippen LogP contribution is -2.47. The minimum Gasteiger partial charge on any atom is -0.354 e. The Kier molecular flexibility index (Phi) is 6.15. The Hall–Kier alpha value is -1.69. The lowest BCUT2D eigenvalue weighted by Gasteiger charge is -2.19. The number of carbonyl (C=O) groups excluding carboxylic acids is 2. The molecular weight excluding hydrogens is 322 g/mol. The minimum absolute atomic E-state index is 0.101. The first-order chi connectivity index (χ1) is 11.2. The Balaban J connectivity index is 1.97. The van der Waals surface area contributed by atoms with E-state index in [1.807, 2.05) is 19.1 Å². The maximum Gasteiger partial charge on any atom is 0.319 e. The van der Waals surface area contributed by atoms with Gasteiger partial charge in [-0.25, -0.2) is 4.79 Å². The van der Waals surface area contributed by atoms with E-state index in [1.54, 1.807) is 11.8 Å². The van der Waals surface area contributed by atoms with Gasteiger partial charge in [0.05, 0.1) is 0 Å². The van der Waals surface area contributed by atoms with Crippen molar-refractivity contribution in [3.8, 4) is 0 Å². The maximum atomic E-state index is 12.2. The molecule has 0 bridgehead atoms. The van der Waals surface area contributed by atoms with Crippen molar-refractivity contribution in [2.24, 2.45) is 0 Å². The maximum absolute atomic E-state index is 12.2. The zero-order valence-electron chi connectivity index (χ0n) is 14.9. The summed E-state index contributed by atoms with van der Waals surface area (Å²) in [5.41, 5.74) is 1.77. The van der Waals surface area contributed by atoms with E-state index in [4.69, 9.17) is 0 Å². The van der Waals surface area contributed by atoms with Crippen LogP contribution in [0, 0.1) is 6.92 Å². The molecule has 6 heteroatoms. The number of hydrogen-bond donors (Lipinski definition) is 3. The number of carbonyl (C=O) groups is 2. The van der Waals surface area contributed by atoms with Crippen LogP contribution in [0.4, 0.5) is 10.5 Å². The molecule has 0 aromatic heterocycles. The van der Waals surface area contributed by atoms with E-state index < -0.39 is 6.04 Å². The summed E-state index contributed by atoms with van der Waals surface area (Å²) in [4.78, 5) is 25.3. The summed E-state index contributed by atoms with van der Waals surface area (Å²) in [6.45, 7) is 9.17. The van der Waals surface area contributed by atoms with Gasteiger partial charge in [0.2, 0.25) is 5.91 Å². The van der Waals surface area contributed by atoms with Crippen LogP contribution in [0.1, 0.15) is 45.6 Å². The summed E-state index contributed by atoms with van der Waals surface area (Å²) < 4.78 is 0.144. The van der Waals surface area contributed by atoms with Crippen molar-refractivity contribution >= 4 is 29.4 Å². The van der Waals surface area contributed by atoms with Crippen molar-refractivity contribution in [3.05, 3.63) is 23.8 Å². The zero-order valence-corrected chi connectivity index (χ0v) is 15.7. The molecule has 24 heavy (non-hydrogen) atoms. The quantitative estimate of drug-likeness (QED) is 0.729. The summed E-state index contributed by atoms with van der Waals surface area (Å²) >= 11 is 1.79. The van der Waals surface area contributed by atoms with Crippen LogP contribution in [0.25, 0.3) is 0 Å². The highest BCUT2D eigenvalue weighted by Gasteiger charge is 2.22. The van der Waals surface area contributed by atoms with Crippen LogP contribution in [0.2, 0.25) is 0 Å². The Morgan fingerprint density at radius 2 is 2.04 bits per heavy atom. The molecule has 1 aromatic rings. The molecule has 3 amide bonds. The van der Waals surface area contributed by atoms with Gasteiger partial charge in [0.25, 0.3) is 0 Å². The van der Waals surface area contributed by atoms with E-state index >= 15 is 0 Å². The van der Waals surface area contributed by atoms with Gasteiger partial charge in [0, 0.05) is 21.9 Å². The van der Waals surface area contributed by atoms with Gasteiger partial charge in [-0.1, -0.05) is 20.8 Å². The standard InChI is InChI=1S/C18H27N3O2S/c1-12-11-13(24-18(2,3)4)8-9-14(12)20-17(23)21-15-7-5-6-10-19-16(15)22/h8-9,11,15H,5-7,10H2,1-4H3,(H,19,22)(H2,20,21,23). The highest BCUT2D eigenvalue weighted by Crippen LogP contribution is 2.33. The van der Waals surface area contributed by atoms with Gasteiger partial charge in [0.15, 0.2) is 0 Å². The normalized spacial score (nSPS) is 18.5. The molecule has 2 rings (SSSR count). The van der Waals surface area contributed by atoms with Gasteiger partial charge in [-0.15, -0.1) is 11.8 Å². The molecule has 1 atom stereocenters. The molecule has 0 aliphatic carbocycles. The number of aryl methyl sites for hydroxylation is 1. The number of anilines is 1. The van der Waals surface area contributed by atoms with E-state index in [1.165, 1.54) is 4.90 Å². The fraction of sp³-hybridized carbons (Fsp3) is 0.556. The SMILES string of the molecule is Cc1cc(SC(C)(C)C)ccc1NC(=O)NC1CCCCNC1=O. The molecule has 1 aromatic carbocycles. The van der Waals surface area contributed by atoms with E-state index in [0.29, 0.717) is 13.0 Å². The molecule has 1 heterocycles. The number of benzene rings is 1. The van der Waals surface area contributed by atoms with Crippen LogP contribution < -0.4 is 16.0 Å². The number of urea groups is 1. The molecule has 1 aliphatic heterocycles. The lowest BCUT2D eigenvalue weighted by atomic mass is 10.1. The van der Waals surface area contributed by atoms with Crippen LogP contribution in [0.3, 0.4) is 0 Å². The third kappa shape index (κ3) is 5.74. The molecule has 1 fully saturated rings. The van der Waals surface area contributed by atoms with Gasteiger partial charge in [-0.2, -0.15) is 0 Å². The van der Waals surface area contributed by atoms with E-state index in [0.717, 1.165) is 24.1 Å². The van der Waals surface area contributed by atoms with Crippen LogP contribution in [-0.4, -0.2) is 29.3 Å². The predicted octanol–water partition coefficient (Wildman–Crippen LogP) is 3.68. The van der Waals surface area contributed by atoms with Crippen LogP contribution in [-0.2, 0) is 4.79 Å². The van der Waals surface area contributed by atoms with Crippen molar-refractivity contribution in [1.82, 2.24) is 10.6 Å². The van der Waals surface area contributed by atoms with Gasteiger partial charge < -0.3 is 16.0 Å². The number of nitrogens with one attached hydrogen (secondary N) is 3. The lowest BCUT2D eigenvalue weighted by molar-refractivity contribution is -0.122. The number of thioether (sulfide) groups is 1. The number of hydrogen-bond acceptors (Lipinski definition) is 3. The van der Waals surface area contributed by atoms with E-state index in [2.05, 4.69) is 42.8 Å². The topological polar surface area (TPSA) is 70.2 Å². The first kappa shape index (κ1) is 18.6. The third-order valence-corrected chi connectivity index (χ3v) is 4.81. The largest absolute Gasteiger partial charge is 0.354 e. The molecule has 1 aliphatic rings. The Bertz CT molecular complexity index is 611. The second kappa shape index (κ2) is 7.92. The highest BCUT2D eigenvalue weighted by molar-refractivity contribution is 8.00. The molecule has 132 valence electrons. The minimum atomic E-state index is -0.455. The Morgan fingerprint density at radius 3 is 2.71 bits per heavy atom. The predicted molar refractivity (Wildman–Crippen MR) is 99.6 cm³/mol. The third-order valence-electron chi connectivity index (χ3n) is 3.71. The molecular formula is C18H27N3O2S. The van der Waals surface area contributed by atoms with Crippen molar-refractivity contribution in [2.75, 3.05) is 11.9 Å². The van der Waals surface area contributed by atoms with E-state index in [9.17, 15) is 9.59 Å². The van der Waals surface area contributed by atoms with Gasteiger partial charge in [0.1, 0.15) is 6.04 Å². The summed E-state index contributed by atoms with van der Waals surface area (Å²) in [6, 6.07) is 5.21. The molecule has 1 saturated heterocycles. The van der Waals surface area contributed by atoms with Crippen molar-refractivity contribution in [2.45, 2.75) is 62.6 Å². The van der Waals surface area contributed by atoms with Crippen molar-refractivity contribution in [3.63, 3.8) is 0 Å². The second-order valence-corrected chi connectivity index (χ2v) is 9.03. The zero-order chi connectivity index (χ0) is 17.7. The number of amides is 3. The first-order valence-electron chi connectivity index (χ1n) is 8.39. The Morgan fingerprint density at radius 1 is 1.29 bits per heavy atom. The fourth-order valence-corrected chi connectivity index (χ4v) is 3.67. The first-order valence-corrected chi connectivity index (χ1v) is 9.21. The monoisotopic (exact) mass is 349 g/mol. The fourth-order valence-electron chi connectivity index (χ4n) is 2.59. The summed E-state index contributed by atoms with van der Waals surface area (Å²) in [5, 5.41) is 8.44. The second-order valence-electron chi connectivity index (χ2n) is 7.13. The average Bonchev–Trinajstić information content (AvgIpc) is 2.65. The molecule has 0 spiro atoms. The van der Waals surface area contributed by atoms with Crippen molar-refractivity contribution < 1.29 is 9.59 Å². The van der Waals surface area contributed by atoms with Gasteiger partial charge >= 0.3 is 6.03 Å². The van der Waals surface area contributed by atoms with Crippen molar-refractivity contribution in [1.29, 1.82) is 0 Å². The van der Waals surface area contributed by atoms with E-state index in [-0.39, 0.29) is 16.7 Å². The van der Waals surface area contributed by atoms with Gasteiger partial charge in [-0.05, 0) is 49.9 Å². The Labute approximate surface area is 148 Å². The molecule has 0 radical (unpaired) electrons. The summed E-state index contributed by atoms with van der Waals surface area (Å²) in [5.74, 6) is -0.101.